The second-order valence-electron chi connectivity index (χ2n) is 4.48. The van der Waals surface area contributed by atoms with E-state index in [0.29, 0.717) is 25.6 Å². The molecular formula is C13H19NO5S. The highest BCUT2D eigenvalue weighted by atomic mass is 32.2. The Morgan fingerprint density at radius 1 is 1.25 bits per heavy atom. The molecule has 0 saturated heterocycles. The van der Waals surface area contributed by atoms with Gasteiger partial charge in [-0.25, -0.2) is 0 Å². The first-order valence-corrected chi connectivity index (χ1v) is 8.09. The summed E-state index contributed by atoms with van der Waals surface area (Å²) in [5, 5.41) is 8.79. The van der Waals surface area contributed by atoms with Crippen molar-refractivity contribution in [2.45, 2.75) is 19.3 Å². The number of carbonyl (C=O) groups is 1. The van der Waals surface area contributed by atoms with Crippen LogP contribution in [0.4, 0.5) is 5.69 Å². The first-order chi connectivity index (χ1) is 9.33. The summed E-state index contributed by atoms with van der Waals surface area (Å²) >= 11 is 0. The molecule has 0 fully saturated rings. The summed E-state index contributed by atoms with van der Waals surface area (Å²) in [6, 6.07) is 7.99. The van der Waals surface area contributed by atoms with Crippen molar-refractivity contribution < 1.29 is 22.9 Å². The lowest BCUT2D eigenvalue weighted by molar-refractivity contribution is -0.118. The zero-order valence-electron chi connectivity index (χ0n) is 11.3. The minimum absolute atomic E-state index is 0.131. The second kappa shape index (κ2) is 7.37. The van der Waals surface area contributed by atoms with E-state index in [1.54, 1.807) is 4.90 Å². The fourth-order valence-corrected chi connectivity index (χ4v) is 1.97. The maximum Gasteiger partial charge on any atom is 0.261 e. The number of fused-ring (bicyclic) bond motifs is 1. The van der Waals surface area contributed by atoms with Gasteiger partial charge in [0.25, 0.3) is 10.1 Å². The van der Waals surface area contributed by atoms with Crippen LogP contribution in [-0.4, -0.2) is 43.4 Å². The van der Waals surface area contributed by atoms with Gasteiger partial charge in [-0.1, -0.05) is 18.2 Å². The molecule has 1 aromatic rings. The molecule has 0 radical (unpaired) electrons. The van der Waals surface area contributed by atoms with Gasteiger partial charge >= 0.3 is 0 Å². The van der Waals surface area contributed by atoms with E-state index < -0.39 is 10.1 Å². The fourth-order valence-electron chi connectivity index (χ4n) is 1.97. The number of aliphatic hydroxyl groups excluding tert-OH is 1. The van der Waals surface area contributed by atoms with Crippen molar-refractivity contribution >= 4 is 21.7 Å². The van der Waals surface area contributed by atoms with Gasteiger partial charge in [-0.2, -0.15) is 8.42 Å². The SMILES string of the molecule is CS(=O)(=O)O.O=C1CCc2ccccc2N1CCCO. The fraction of sp³-hybridized carbons (Fsp3) is 0.462. The smallest absolute Gasteiger partial charge is 0.261 e. The minimum atomic E-state index is -3.67. The Hall–Kier alpha value is -1.44. The molecule has 2 N–H and O–H groups in total. The first kappa shape index (κ1) is 16.6. The van der Waals surface area contributed by atoms with Gasteiger partial charge in [0.05, 0.1) is 6.26 Å². The number of anilines is 1. The predicted octanol–water partition coefficient (Wildman–Crippen LogP) is 0.852. The van der Waals surface area contributed by atoms with Gasteiger partial charge in [0, 0.05) is 25.3 Å². The molecule has 1 aromatic carbocycles. The molecule has 1 amide bonds. The number of benzene rings is 1. The molecule has 1 heterocycles. The van der Waals surface area contributed by atoms with Crippen LogP contribution in [0.1, 0.15) is 18.4 Å². The second-order valence-corrected chi connectivity index (χ2v) is 5.95. The summed E-state index contributed by atoms with van der Waals surface area (Å²) in [6.07, 6.45) is 2.78. The monoisotopic (exact) mass is 301 g/mol. The number of hydrogen-bond acceptors (Lipinski definition) is 4. The molecule has 20 heavy (non-hydrogen) atoms. The van der Waals surface area contributed by atoms with Gasteiger partial charge in [-0.3, -0.25) is 9.35 Å². The van der Waals surface area contributed by atoms with Crippen molar-refractivity contribution in [2.75, 3.05) is 24.3 Å². The third-order valence-electron chi connectivity index (χ3n) is 2.73. The highest BCUT2D eigenvalue weighted by Gasteiger charge is 2.22. The van der Waals surface area contributed by atoms with Crippen molar-refractivity contribution in [3.05, 3.63) is 29.8 Å². The molecule has 7 heteroatoms. The number of carbonyl (C=O) groups excluding carboxylic acids is 1. The van der Waals surface area contributed by atoms with Crippen LogP contribution in [-0.2, 0) is 21.3 Å². The van der Waals surface area contributed by atoms with Crippen LogP contribution < -0.4 is 4.90 Å². The van der Waals surface area contributed by atoms with E-state index in [4.69, 9.17) is 9.66 Å². The van der Waals surface area contributed by atoms with Gasteiger partial charge in [0.1, 0.15) is 0 Å². The maximum atomic E-state index is 11.7. The average Bonchev–Trinajstić information content (AvgIpc) is 2.36. The van der Waals surface area contributed by atoms with Crippen molar-refractivity contribution in [3.63, 3.8) is 0 Å². The van der Waals surface area contributed by atoms with E-state index in [1.807, 2.05) is 18.2 Å². The lowest BCUT2D eigenvalue weighted by Gasteiger charge is -2.29. The van der Waals surface area contributed by atoms with Crippen LogP contribution in [0.3, 0.4) is 0 Å². The van der Waals surface area contributed by atoms with E-state index >= 15 is 0 Å². The Morgan fingerprint density at radius 2 is 1.85 bits per heavy atom. The summed E-state index contributed by atoms with van der Waals surface area (Å²) in [7, 11) is -3.67. The molecule has 6 nitrogen and oxygen atoms in total. The molecule has 0 bridgehead atoms. The third kappa shape index (κ3) is 5.68. The minimum Gasteiger partial charge on any atom is -0.396 e. The van der Waals surface area contributed by atoms with Crippen LogP contribution >= 0.6 is 0 Å². The van der Waals surface area contributed by atoms with Gasteiger partial charge in [-0.15, -0.1) is 0 Å². The molecule has 0 unspecified atom stereocenters. The quantitative estimate of drug-likeness (QED) is 0.807. The van der Waals surface area contributed by atoms with Crippen LogP contribution in [0.15, 0.2) is 24.3 Å². The van der Waals surface area contributed by atoms with Crippen molar-refractivity contribution in [2.24, 2.45) is 0 Å². The largest absolute Gasteiger partial charge is 0.396 e. The standard InChI is InChI=1S/C12H15NO2.CH4O3S/c14-9-3-8-13-11-5-2-1-4-10(11)6-7-12(13)15;1-5(2,3)4/h1-2,4-5,14H,3,6-9H2;1H3,(H,2,3,4). The van der Waals surface area contributed by atoms with Crippen LogP contribution in [0.25, 0.3) is 0 Å². The van der Waals surface area contributed by atoms with Gasteiger partial charge in [-0.05, 0) is 24.5 Å². The Morgan fingerprint density at radius 3 is 2.45 bits per heavy atom. The molecular weight excluding hydrogens is 282 g/mol. The molecule has 1 aliphatic heterocycles. The van der Waals surface area contributed by atoms with E-state index in [-0.39, 0.29) is 12.5 Å². The number of para-hydroxylation sites is 1. The normalized spacial score (nSPS) is 14.3. The van der Waals surface area contributed by atoms with Crippen LogP contribution in [0.5, 0.6) is 0 Å². The van der Waals surface area contributed by atoms with Gasteiger partial charge in [0.2, 0.25) is 5.91 Å². The molecule has 112 valence electrons. The third-order valence-corrected chi connectivity index (χ3v) is 2.73. The average molecular weight is 301 g/mol. The van der Waals surface area contributed by atoms with E-state index in [0.717, 1.165) is 12.1 Å². The maximum absolute atomic E-state index is 11.7. The van der Waals surface area contributed by atoms with Crippen molar-refractivity contribution in [1.82, 2.24) is 0 Å². The number of hydrogen-bond donors (Lipinski definition) is 2. The van der Waals surface area contributed by atoms with E-state index in [2.05, 4.69) is 6.07 Å². The summed E-state index contributed by atoms with van der Waals surface area (Å²) in [5.41, 5.74) is 2.25. The highest BCUT2D eigenvalue weighted by Crippen LogP contribution is 2.27. The number of nitrogens with zero attached hydrogens (tertiary/aromatic N) is 1. The molecule has 1 aliphatic rings. The van der Waals surface area contributed by atoms with Crippen LogP contribution in [0, 0.1) is 0 Å². The molecule has 0 spiro atoms. The van der Waals surface area contributed by atoms with Crippen molar-refractivity contribution in [1.29, 1.82) is 0 Å². The van der Waals surface area contributed by atoms with E-state index in [1.165, 1.54) is 5.56 Å². The zero-order valence-corrected chi connectivity index (χ0v) is 12.1. The molecule has 2 rings (SSSR count). The number of rotatable bonds is 3. The Bertz CT molecular complexity index is 548. The lowest BCUT2D eigenvalue weighted by Crippen LogP contribution is -2.36. The Kier molecular flexibility index (Phi) is 6.12. The van der Waals surface area contributed by atoms with Crippen LogP contribution in [0.2, 0.25) is 0 Å². The topological polar surface area (TPSA) is 94.9 Å². The first-order valence-electron chi connectivity index (χ1n) is 6.24. The summed E-state index contributed by atoms with van der Waals surface area (Å²) in [4.78, 5) is 13.5. The number of amides is 1. The number of aliphatic hydroxyl groups is 1. The predicted molar refractivity (Wildman–Crippen MR) is 76.3 cm³/mol. The Labute approximate surface area is 118 Å². The van der Waals surface area contributed by atoms with Crippen molar-refractivity contribution in [3.8, 4) is 0 Å². The molecule has 0 atom stereocenters. The molecule has 0 aliphatic carbocycles. The van der Waals surface area contributed by atoms with Gasteiger partial charge in [0.15, 0.2) is 0 Å². The number of aryl methyl sites for hydroxylation is 1. The Balaban J connectivity index is 0.000000347. The lowest BCUT2D eigenvalue weighted by atomic mass is 10.0. The highest BCUT2D eigenvalue weighted by molar-refractivity contribution is 7.85. The molecule has 0 saturated carbocycles. The van der Waals surface area contributed by atoms with Gasteiger partial charge < -0.3 is 10.0 Å². The van der Waals surface area contributed by atoms with E-state index in [9.17, 15) is 13.2 Å². The summed E-state index contributed by atoms with van der Waals surface area (Å²) in [6.45, 7) is 0.748. The zero-order chi connectivity index (χ0) is 15.2. The molecule has 0 aromatic heterocycles. The summed E-state index contributed by atoms with van der Waals surface area (Å²) in [5.74, 6) is 0.169. The summed E-state index contributed by atoms with van der Waals surface area (Å²) < 4.78 is 25.9.